The summed E-state index contributed by atoms with van der Waals surface area (Å²) >= 11 is 0. The van der Waals surface area contributed by atoms with Crippen LogP contribution in [0.25, 0.3) is 11.0 Å². The van der Waals surface area contributed by atoms with Crippen molar-refractivity contribution in [2.75, 3.05) is 23.5 Å². The molecule has 1 aliphatic rings. The Morgan fingerprint density at radius 1 is 1.27 bits per heavy atom. The summed E-state index contributed by atoms with van der Waals surface area (Å²) in [5.41, 5.74) is 3.28. The van der Waals surface area contributed by atoms with Gasteiger partial charge in [-0.15, -0.1) is 10.7 Å². The van der Waals surface area contributed by atoms with Crippen LogP contribution in [-0.4, -0.2) is 49.3 Å². The fraction of sp³-hybridized carbons (Fsp3) is 0.591. The lowest BCUT2D eigenvalue weighted by molar-refractivity contribution is 0.344. The number of aromatic amines is 1. The fourth-order valence-corrected chi connectivity index (χ4v) is 6.23. The summed E-state index contributed by atoms with van der Waals surface area (Å²) in [6.45, 7) is 5.15. The van der Waals surface area contributed by atoms with Crippen LogP contribution in [0.2, 0.25) is 0 Å². The largest absolute Gasteiger partial charge is 0.356 e. The van der Waals surface area contributed by atoms with Gasteiger partial charge in [0, 0.05) is 49.6 Å². The normalized spacial score (nSPS) is 20.7. The van der Waals surface area contributed by atoms with E-state index in [0.29, 0.717) is 6.04 Å². The number of aryl methyl sites for hydroxylation is 2. The molecule has 0 radical (unpaired) electrons. The average Bonchev–Trinajstić information content (AvgIpc) is 3.36. The molecule has 3 aromatic rings. The van der Waals surface area contributed by atoms with Gasteiger partial charge in [-0.2, -0.15) is 5.10 Å². The second kappa shape index (κ2) is 9.29. The van der Waals surface area contributed by atoms with Gasteiger partial charge in [0.15, 0.2) is 0 Å². The van der Waals surface area contributed by atoms with Gasteiger partial charge >= 0.3 is 0 Å². The Morgan fingerprint density at radius 2 is 2.07 bits per heavy atom. The molecular weight excluding hydrogens is 394 g/mol. The Labute approximate surface area is 181 Å². The SMILES string of the molecule is CCS(CC1CCC(N(C)c2ncnc3[nH]ccc23)CC1)=NCc1cn(C)nc1C. The Balaban J connectivity index is 1.34. The quantitative estimate of drug-likeness (QED) is 0.618. The first-order valence-corrected chi connectivity index (χ1v) is 12.4. The van der Waals surface area contributed by atoms with Crippen molar-refractivity contribution in [3.05, 3.63) is 36.0 Å². The lowest BCUT2D eigenvalue weighted by atomic mass is 9.86. The lowest BCUT2D eigenvalue weighted by Gasteiger charge is -2.35. The van der Waals surface area contributed by atoms with Crippen molar-refractivity contribution < 1.29 is 0 Å². The highest BCUT2D eigenvalue weighted by molar-refractivity contribution is 7.87. The predicted molar refractivity (Wildman–Crippen MR) is 125 cm³/mol. The molecule has 0 amide bonds. The second-order valence-corrected chi connectivity index (χ2v) is 10.4. The van der Waals surface area contributed by atoms with E-state index in [0.717, 1.165) is 40.8 Å². The van der Waals surface area contributed by atoms with Crippen molar-refractivity contribution in [2.45, 2.75) is 52.1 Å². The Bertz CT molecular complexity index is 1010. The third kappa shape index (κ3) is 4.58. The molecule has 0 spiro atoms. The first kappa shape index (κ1) is 21.0. The summed E-state index contributed by atoms with van der Waals surface area (Å²) in [5, 5.41) is 5.55. The Hall–Kier alpha value is -2.22. The minimum atomic E-state index is 0.150. The highest BCUT2D eigenvalue weighted by Crippen LogP contribution is 2.32. The molecule has 3 heterocycles. The highest BCUT2D eigenvalue weighted by atomic mass is 32.2. The van der Waals surface area contributed by atoms with Gasteiger partial charge in [-0.25, -0.2) is 9.97 Å². The van der Waals surface area contributed by atoms with Crippen molar-refractivity contribution in [1.29, 1.82) is 0 Å². The molecule has 0 bridgehead atoms. The average molecular weight is 428 g/mol. The minimum absolute atomic E-state index is 0.150. The summed E-state index contributed by atoms with van der Waals surface area (Å²) in [6.07, 6.45) is 10.7. The number of H-pyrrole nitrogens is 1. The van der Waals surface area contributed by atoms with Gasteiger partial charge in [-0.05, 0) is 44.6 Å². The van der Waals surface area contributed by atoms with Crippen molar-refractivity contribution in [2.24, 2.45) is 17.3 Å². The maximum atomic E-state index is 5.05. The monoisotopic (exact) mass is 427 g/mol. The van der Waals surface area contributed by atoms with Crippen molar-refractivity contribution in [3.8, 4) is 0 Å². The van der Waals surface area contributed by atoms with Gasteiger partial charge in [-0.3, -0.25) is 9.04 Å². The molecule has 4 rings (SSSR count). The van der Waals surface area contributed by atoms with Crippen LogP contribution >= 0.6 is 0 Å². The highest BCUT2D eigenvalue weighted by Gasteiger charge is 2.26. The van der Waals surface area contributed by atoms with E-state index < -0.39 is 0 Å². The molecule has 1 N–H and O–H groups in total. The topological polar surface area (TPSA) is 75.0 Å². The van der Waals surface area contributed by atoms with Crippen LogP contribution in [0.3, 0.4) is 0 Å². The predicted octanol–water partition coefficient (Wildman–Crippen LogP) is 4.02. The number of rotatable bonds is 7. The summed E-state index contributed by atoms with van der Waals surface area (Å²) in [5.74, 6) is 4.21. The first-order valence-electron chi connectivity index (χ1n) is 10.9. The van der Waals surface area contributed by atoms with E-state index in [2.05, 4.69) is 58.1 Å². The molecule has 0 aliphatic heterocycles. The van der Waals surface area contributed by atoms with Gasteiger partial charge < -0.3 is 9.88 Å². The molecular formula is C22H33N7S. The maximum absolute atomic E-state index is 5.05. The second-order valence-electron chi connectivity index (χ2n) is 8.34. The molecule has 1 atom stereocenters. The van der Waals surface area contributed by atoms with E-state index in [4.69, 9.17) is 4.36 Å². The summed E-state index contributed by atoms with van der Waals surface area (Å²) < 4.78 is 6.94. The molecule has 1 unspecified atom stereocenters. The van der Waals surface area contributed by atoms with E-state index in [-0.39, 0.29) is 10.7 Å². The molecule has 1 saturated carbocycles. The van der Waals surface area contributed by atoms with Crippen molar-refractivity contribution in [3.63, 3.8) is 0 Å². The first-order chi connectivity index (χ1) is 14.5. The number of hydrogen-bond acceptors (Lipinski definition) is 5. The van der Waals surface area contributed by atoms with Crippen LogP contribution in [0.4, 0.5) is 5.82 Å². The summed E-state index contributed by atoms with van der Waals surface area (Å²) in [4.78, 5) is 14.4. The zero-order valence-corrected chi connectivity index (χ0v) is 19.3. The van der Waals surface area contributed by atoms with Crippen LogP contribution in [0.15, 0.2) is 29.2 Å². The van der Waals surface area contributed by atoms with Gasteiger partial charge in [-0.1, -0.05) is 6.92 Å². The van der Waals surface area contributed by atoms with Crippen LogP contribution < -0.4 is 4.90 Å². The van der Waals surface area contributed by atoms with Gasteiger partial charge in [0.2, 0.25) is 0 Å². The van der Waals surface area contributed by atoms with Crippen molar-refractivity contribution >= 4 is 27.5 Å². The smallest absolute Gasteiger partial charge is 0.142 e. The minimum Gasteiger partial charge on any atom is -0.356 e. The Kier molecular flexibility index (Phi) is 6.51. The zero-order valence-electron chi connectivity index (χ0n) is 18.5. The van der Waals surface area contributed by atoms with E-state index in [1.165, 1.54) is 37.0 Å². The third-order valence-electron chi connectivity index (χ3n) is 6.32. The number of nitrogens with one attached hydrogen (secondary N) is 1. The molecule has 1 aliphatic carbocycles. The van der Waals surface area contributed by atoms with Gasteiger partial charge in [0.25, 0.3) is 0 Å². The van der Waals surface area contributed by atoms with E-state index in [1.54, 1.807) is 6.33 Å². The Morgan fingerprint density at radius 3 is 2.77 bits per heavy atom. The number of hydrogen-bond donors (Lipinski definition) is 1. The number of fused-ring (bicyclic) bond motifs is 1. The fourth-order valence-electron chi connectivity index (χ4n) is 4.51. The molecule has 7 nitrogen and oxygen atoms in total. The molecule has 30 heavy (non-hydrogen) atoms. The molecule has 162 valence electrons. The lowest BCUT2D eigenvalue weighted by Crippen LogP contribution is -2.36. The molecule has 1 fully saturated rings. The number of anilines is 1. The van der Waals surface area contributed by atoms with Crippen LogP contribution in [-0.2, 0) is 24.3 Å². The standard InChI is InChI=1S/C22H33N7S/c1-5-30(26-12-18-13-28(3)27-16(18)2)14-17-6-8-19(9-7-17)29(4)22-20-10-11-23-21(20)24-15-25-22/h10-11,13,15,17,19H,5-9,12,14H2,1-4H3,(H,23,24,25). The van der Waals surface area contributed by atoms with Crippen LogP contribution in [0.5, 0.6) is 0 Å². The number of nitrogens with zero attached hydrogens (tertiary/aromatic N) is 6. The van der Waals surface area contributed by atoms with E-state index in [1.807, 2.05) is 17.9 Å². The molecule has 3 aromatic heterocycles. The van der Waals surface area contributed by atoms with Crippen LogP contribution in [0, 0.1) is 12.8 Å². The molecule has 8 heteroatoms. The molecule has 0 aromatic carbocycles. The van der Waals surface area contributed by atoms with Gasteiger partial charge in [0.1, 0.15) is 17.8 Å². The zero-order chi connectivity index (χ0) is 21.1. The molecule has 0 saturated heterocycles. The third-order valence-corrected chi connectivity index (χ3v) is 8.34. The summed E-state index contributed by atoms with van der Waals surface area (Å²) in [7, 11) is 4.31. The summed E-state index contributed by atoms with van der Waals surface area (Å²) in [6, 6.07) is 2.62. The van der Waals surface area contributed by atoms with Crippen molar-refractivity contribution in [1.82, 2.24) is 24.7 Å². The van der Waals surface area contributed by atoms with Crippen LogP contribution in [0.1, 0.15) is 43.9 Å². The van der Waals surface area contributed by atoms with E-state index in [9.17, 15) is 0 Å². The maximum Gasteiger partial charge on any atom is 0.142 e. The van der Waals surface area contributed by atoms with Gasteiger partial charge in [0.05, 0.1) is 17.6 Å². The number of aromatic nitrogens is 5. The van der Waals surface area contributed by atoms with E-state index >= 15 is 0 Å².